The highest BCUT2D eigenvalue weighted by atomic mass is 16.1. The van der Waals surface area contributed by atoms with E-state index in [0.717, 1.165) is 22.3 Å². The minimum atomic E-state index is -0.201. The van der Waals surface area contributed by atoms with Gasteiger partial charge in [0.1, 0.15) is 16.7 Å². The van der Waals surface area contributed by atoms with Crippen molar-refractivity contribution >= 4 is 39.4 Å². The lowest BCUT2D eigenvalue weighted by Gasteiger charge is -2.09. The Bertz CT molecular complexity index is 1800. The third-order valence-corrected chi connectivity index (χ3v) is 5.94. The number of fused-ring (bicyclic) bond motifs is 4. The van der Waals surface area contributed by atoms with E-state index < -0.39 is 0 Å². The third kappa shape index (κ3) is 3.09. The van der Waals surface area contributed by atoms with Crippen LogP contribution in [0.25, 0.3) is 38.9 Å². The van der Waals surface area contributed by atoms with Crippen LogP contribution < -0.4 is 5.56 Å². The molecule has 0 spiro atoms. The molecular weight excluding hydrogens is 424 g/mol. The summed E-state index contributed by atoms with van der Waals surface area (Å²) in [6.07, 6.45) is 1.77. The second-order valence-electron chi connectivity index (χ2n) is 8.13. The summed E-state index contributed by atoms with van der Waals surface area (Å²) in [6.45, 7) is 3.85. The molecule has 0 radical (unpaired) electrons. The smallest absolute Gasteiger partial charge is 0.268 e. The SMILES string of the molecule is Cc1ccccc1/C=N\n1c2nc3ccccc3nc2c2c(=O)n(-c3ccccc3)c(C)nc21. The number of rotatable bonds is 3. The summed E-state index contributed by atoms with van der Waals surface area (Å²) in [7, 11) is 0. The molecule has 0 amide bonds. The van der Waals surface area contributed by atoms with Crippen LogP contribution in [-0.4, -0.2) is 30.4 Å². The van der Waals surface area contributed by atoms with E-state index in [4.69, 9.17) is 20.1 Å². The van der Waals surface area contributed by atoms with Crippen molar-refractivity contribution in [3.05, 3.63) is 106 Å². The molecular formula is C27H20N6O. The quantitative estimate of drug-likeness (QED) is 0.368. The lowest BCUT2D eigenvalue weighted by molar-refractivity contribution is 0.865. The number of para-hydroxylation sites is 3. The van der Waals surface area contributed by atoms with Crippen LogP contribution in [0.4, 0.5) is 0 Å². The largest absolute Gasteiger partial charge is 0.269 e. The Labute approximate surface area is 194 Å². The molecule has 0 saturated heterocycles. The molecule has 3 heterocycles. The molecule has 34 heavy (non-hydrogen) atoms. The summed E-state index contributed by atoms with van der Waals surface area (Å²) < 4.78 is 3.23. The van der Waals surface area contributed by atoms with Crippen LogP contribution in [-0.2, 0) is 0 Å². The summed E-state index contributed by atoms with van der Waals surface area (Å²) in [6, 6.07) is 25.1. The van der Waals surface area contributed by atoms with Crippen molar-refractivity contribution in [3.8, 4) is 5.69 Å². The number of nitrogens with zero attached hydrogens (tertiary/aromatic N) is 6. The topological polar surface area (TPSA) is 78.0 Å². The van der Waals surface area contributed by atoms with Crippen molar-refractivity contribution in [1.29, 1.82) is 0 Å². The Morgan fingerprint density at radius 2 is 1.44 bits per heavy atom. The monoisotopic (exact) mass is 444 g/mol. The fraction of sp³-hybridized carbons (Fsp3) is 0.0741. The summed E-state index contributed by atoms with van der Waals surface area (Å²) in [4.78, 5) is 28.3. The molecule has 0 fully saturated rings. The van der Waals surface area contributed by atoms with Crippen LogP contribution in [0.5, 0.6) is 0 Å². The van der Waals surface area contributed by atoms with Crippen LogP contribution in [0.1, 0.15) is 17.0 Å². The van der Waals surface area contributed by atoms with Crippen LogP contribution >= 0.6 is 0 Å². The van der Waals surface area contributed by atoms with Crippen molar-refractivity contribution in [1.82, 2.24) is 24.2 Å². The number of aromatic nitrogens is 5. The molecule has 6 aromatic rings. The summed E-state index contributed by atoms with van der Waals surface area (Å²) >= 11 is 0. The molecule has 0 aliphatic carbocycles. The first-order valence-corrected chi connectivity index (χ1v) is 11.0. The maximum Gasteiger partial charge on any atom is 0.269 e. The van der Waals surface area contributed by atoms with Crippen molar-refractivity contribution in [2.75, 3.05) is 0 Å². The van der Waals surface area contributed by atoms with Crippen LogP contribution in [0, 0.1) is 13.8 Å². The molecule has 0 bridgehead atoms. The molecule has 164 valence electrons. The van der Waals surface area contributed by atoms with Crippen LogP contribution in [0.3, 0.4) is 0 Å². The van der Waals surface area contributed by atoms with E-state index in [1.54, 1.807) is 15.5 Å². The van der Waals surface area contributed by atoms with Gasteiger partial charge in [-0.2, -0.15) is 9.78 Å². The molecule has 6 rings (SSSR count). The maximum absolute atomic E-state index is 13.8. The van der Waals surface area contributed by atoms with Crippen molar-refractivity contribution in [2.45, 2.75) is 13.8 Å². The molecule has 7 heteroatoms. The van der Waals surface area contributed by atoms with Gasteiger partial charge in [-0.15, -0.1) is 0 Å². The maximum atomic E-state index is 13.8. The Balaban J connectivity index is 1.73. The van der Waals surface area contributed by atoms with Crippen LogP contribution in [0.15, 0.2) is 88.8 Å². The highest BCUT2D eigenvalue weighted by molar-refractivity contribution is 6.05. The lowest BCUT2D eigenvalue weighted by atomic mass is 10.1. The predicted octanol–water partition coefficient (Wildman–Crippen LogP) is 4.78. The first-order chi connectivity index (χ1) is 16.6. The Hall–Kier alpha value is -4.65. The number of hydrogen-bond acceptors (Lipinski definition) is 5. The summed E-state index contributed by atoms with van der Waals surface area (Å²) in [5.41, 5.74) is 5.47. The van der Waals surface area contributed by atoms with Gasteiger partial charge in [-0.1, -0.05) is 54.6 Å². The zero-order chi connectivity index (χ0) is 23.2. The van der Waals surface area contributed by atoms with E-state index >= 15 is 0 Å². The van der Waals surface area contributed by atoms with Crippen molar-refractivity contribution < 1.29 is 0 Å². The highest BCUT2D eigenvalue weighted by Gasteiger charge is 2.21. The average molecular weight is 444 g/mol. The number of aryl methyl sites for hydroxylation is 2. The second-order valence-corrected chi connectivity index (χ2v) is 8.13. The van der Waals surface area contributed by atoms with E-state index in [1.807, 2.05) is 92.7 Å². The second kappa shape index (κ2) is 7.74. The fourth-order valence-electron chi connectivity index (χ4n) is 4.22. The Morgan fingerprint density at radius 3 is 2.21 bits per heavy atom. The van der Waals surface area contributed by atoms with Gasteiger partial charge in [-0.25, -0.2) is 15.0 Å². The minimum Gasteiger partial charge on any atom is -0.268 e. The van der Waals surface area contributed by atoms with Gasteiger partial charge in [-0.3, -0.25) is 9.36 Å². The molecule has 0 aliphatic rings. The highest BCUT2D eigenvalue weighted by Crippen LogP contribution is 2.26. The minimum absolute atomic E-state index is 0.201. The molecule has 0 saturated carbocycles. The predicted molar refractivity (Wildman–Crippen MR) is 135 cm³/mol. The van der Waals surface area contributed by atoms with E-state index in [9.17, 15) is 4.79 Å². The molecule has 0 atom stereocenters. The normalized spacial score (nSPS) is 11.8. The van der Waals surface area contributed by atoms with Gasteiger partial charge < -0.3 is 0 Å². The van der Waals surface area contributed by atoms with E-state index in [2.05, 4.69) is 0 Å². The Morgan fingerprint density at radius 1 is 0.765 bits per heavy atom. The zero-order valence-electron chi connectivity index (χ0n) is 18.7. The van der Waals surface area contributed by atoms with Crippen molar-refractivity contribution in [3.63, 3.8) is 0 Å². The standard InChI is InChI=1S/C27H20N6O/c1-17-10-6-7-11-19(17)16-28-33-25-23(24-26(33)31-22-15-9-8-14-21(22)30-24)27(34)32(18(2)29-25)20-12-4-3-5-13-20/h3-16H,1-2H3/b28-16-. The first kappa shape index (κ1) is 20.0. The molecule has 3 aromatic carbocycles. The molecule has 0 aliphatic heterocycles. The zero-order valence-corrected chi connectivity index (χ0v) is 18.7. The third-order valence-electron chi connectivity index (χ3n) is 5.94. The molecule has 3 aromatic heterocycles. The number of hydrogen-bond donors (Lipinski definition) is 0. The van der Waals surface area contributed by atoms with Gasteiger partial charge in [0.2, 0.25) is 0 Å². The first-order valence-electron chi connectivity index (χ1n) is 11.0. The summed E-state index contributed by atoms with van der Waals surface area (Å²) in [5.74, 6) is 0.559. The van der Waals surface area contributed by atoms with Gasteiger partial charge in [-0.05, 0) is 49.2 Å². The van der Waals surface area contributed by atoms with Gasteiger partial charge in [0, 0.05) is 0 Å². The molecule has 0 N–H and O–H groups in total. The van der Waals surface area contributed by atoms with E-state index in [1.165, 1.54) is 0 Å². The fourth-order valence-corrected chi connectivity index (χ4v) is 4.22. The molecule has 7 nitrogen and oxygen atoms in total. The van der Waals surface area contributed by atoms with Gasteiger partial charge in [0.05, 0.1) is 22.9 Å². The summed E-state index contributed by atoms with van der Waals surface area (Å²) in [5, 5.41) is 5.12. The average Bonchev–Trinajstić information content (AvgIpc) is 3.15. The van der Waals surface area contributed by atoms with E-state index in [-0.39, 0.29) is 5.56 Å². The van der Waals surface area contributed by atoms with Gasteiger partial charge in [0.25, 0.3) is 5.56 Å². The Kier molecular flexibility index (Phi) is 4.55. The van der Waals surface area contributed by atoms with Gasteiger partial charge >= 0.3 is 0 Å². The van der Waals surface area contributed by atoms with Crippen LogP contribution in [0.2, 0.25) is 0 Å². The van der Waals surface area contributed by atoms with Gasteiger partial charge in [0.15, 0.2) is 11.3 Å². The van der Waals surface area contributed by atoms with Crippen molar-refractivity contribution in [2.24, 2.45) is 5.10 Å². The molecule has 0 unspecified atom stereocenters. The lowest BCUT2D eigenvalue weighted by Crippen LogP contribution is -2.22. The number of benzene rings is 3. The van der Waals surface area contributed by atoms with E-state index in [0.29, 0.717) is 33.5 Å².